The molecule has 0 amide bonds. The minimum atomic E-state index is -0.305. The van der Waals surface area contributed by atoms with Crippen LogP contribution in [0.2, 0.25) is 0 Å². The Hall–Kier alpha value is -3.17. The highest BCUT2D eigenvalue weighted by atomic mass is 32.1. The van der Waals surface area contributed by atoms with Crippen molar-refractivity contribution < 1.29 is 14.3 Å². The largest absolute Gasteiger partial charge is 0.490 e. The van der Waals surface area contributed by atoms with Gasteiger partial charge in [0.25, 0.3) is 0 Å². The topological polar surface area (TPSA) is 72.2 Å². The molecule has 0 saturated carbocycles. The van der Waals surface area contributed by atoms with Gasteiger partial charge in [-0.1, -0.05) is 29.8 Å². The molecule has 0 aliphatic heterocycles. The number of thiazole rings is 1. The summed E-state index contributed by atoms with van der Waals surface area (Å²) in [7, 11) is 0. The Labute approximate surface area is 168 Å². The van der Waals surface area contributed by atoms with Crippen LogP contribution in [-0.2, 0) is 16.0 Å². The van der Waals surface area contributed by atoms with Crippen molar-refractivity contribution in [1.29, 1.82) is 5.26 Å². The molecule has 3 rings (SSSR count). The van der Waals surface area contributed by atoms with E-state index < -0.39 is 0 Å². The zero-order chi connectivity index (χ0) is 19.9. The van der Waals surface area contributed by atoms with Gasteiger partial charge in [-0.05, 0) is 38.1 Å². The highest BCUT2D eigenvalue weighted by molar-refractivity contribution is 7.12. The number of esters is 1. The lowest BCUT2D eigenvalue weighted by molar-refractivity contribution is -0.143. The lowest BCUT2D eigenvalue weighted by Crippen LogP contribution is -2.13. The number of carbonyl (C=O) groups excluding carboxylic acids is 1. The monoisotopic (exact) mass is 392 g/mol. The minimum absolute atomic E-state index is 0.163. The normalized spacial score (nSPS) is 10.3. The first kappa shape index (κ1) is 19.6. The van der Waals surface area contributed by atoms with Gasteiger partial charge in [0.05, 0.1) is 28.8 Å². The van der Waals surface area contributed by atoms with Gasteiger partial charge in [-0.15, -0.1) is 11.3 Å². The third kappa shape index (κ3) is 5.18. The molecule has 28 heavy (non-hydrogen) atoms. The van der Waals surface area contributed by atoms with E-state index in [4.69, 9.17) is 14.7 Å². The number of nitriles is 1. The molecule has 0 N–H and O–H groups in total. The Morgan fingerprint density at radius 1 is 1.07 bits per heavy atom. The van der Waals surface area contributed by atoms with E-state index in [1.807, 2.05) is 38.1 Å². The van der Waals surface area contributed by atoms with Crippen LogP contribution in [0.5, 0.6) is 5.75 Å². The predicted molar refractivity (Wildman–Crippen MR) is 108 cm³/mol. The number of benzene rings is 2. The molecule has 1 heterocycles. The number of aryl methyl sites for hydroxylation is 2. The molecule has 0 atom stereocenters. The van der Waals surface area contributed by atoms with E-state index in [9.17, 15) is 4.79 Å². The molecule has 0 aliphatic rings. The quantitative estimate of drug-likeness (QED) is 0.438. The summed E-state index contributed by atoms with van der Waals surface area (Å²) in [4.78, 5) is 17.7. The van der Waals surface area contributed by atoms with Crippen LogP contribution in [0.4, 0.5) is 0 Å². The Kier molecular flexibility index (Phi) is 6.41. The molecule has 6 heteroatoms. The second-order valence-corrected chi connectivity index (χ2v) is 7.54. The van der Waals surface area contributed by atoms with Crippen molar-refractivity contribution in [2.45, 2.75) is 20.3 Å². The number of carbonyl (C=O) groups is 1. The molecule has 3 aromatic rings. The number of rotatable bonds is 7. The Balaban J connectivity index is 1.52. The fraction of sp³-hybridized carbons (Fsp3) is 0.227. The zero-order valence-electron chi connectivity index (χ0n) is 15.8. The molecule has 0 unspecified atom stereocenters. The van der Waals surface area contributed by atoms with Gasteiger partial charge in [0, 0.05) is 10.4 Å². The van der Waals surface area contributed by atoms with E-state index in [-0.39, 0.29) is 25.6 Å². The summed E-state index contributed by atoms with van der Waals surface area (Å²) < 4.78 is 10.8. The van der Waals surface area contributed by atoms with Crippen LogP contribution in [0, 0.1) is 25.2 Å². The fourth-order valence-electron chi connectivity index (χ4n) is 2.65. The fourth-order valence-corrected chi connectivity index (χ4v) is 3.59. The molecular formula is C22H20N2O3S. The van der Waals surface area contributed by atoms with E-state index in [1.54, 1.807) is 24.3 Å². The van der Waals surface area contributed by atoms with E-state index in [2.05, 4.69) is 11.1 Å². The molecule has 5 nitrogen and oxygen atoms in total. The number of hydrogen-bond donors (Lipinski definition) is 0. The van der Waals surface area contributed by atoms with Crippen molar-refractivity contribution in [3.63, 3.8) is 0 Å². The second kappa shape index (κ2) is 9.16. The van der Waals surface area contributed by atoms with Crippen molar-refractivity contribution in [1.82, 2.24) is 4.98 Å². The summed E-state index contributed by atoms with van der Waals surface area (Å²) in [6.45, 7) is 4.39. The first-order chi connectivity index (χ1) is 13.5. The lowest BCUT2D eigenvalue weighted by Gasteiger charge is -2.08. The first-order valence-corrected chi connectivity index (χ1v) is 9.69. The van der Waals surface area contributed by atoms with Crippen LogP contribution in [-0.4, -0.2) is 24.2 Å². The van der Waals surface area contributed by atoms with E-state index >= 15 is 0 Å². The summed E-state index contributed by atoms with van der Waals surface area (Å²) in [5.41, 5.74) is 3.59. The number of nitrogens with zero attached hydrogens (tertiary/aromatic N) is 2. The van der Waals surface area contributed by atoms with Crippen molar-refractivity contribution >= 4 is 17.3 Å². The van der Waals surface area contributed by atoms with Gasteiger partial charge < -0.3 is 9.47 Å². The molecule has 0 aliphatic carbocycles. The molecular weight excluding hydrogens is 372 g/mol. The van der Waals surface area contributed by atoms with Crippen molar-refractivity contribution in [3.8, 4) is 23.1 Å². The average Bonchev–Trinajstić information content (AvgIpc) is 3.06. The number of hydrogen-bond acceptors (Lipinski definition) is 6. The van der Waals surface area contributed by atoms with Crippen molar-refractivity contribution in [2.75, 3.05) is 13.2 Å². The molecule has 0 bridgehead atoms. The Morgan fingerprint density at radius 3 is 2.46 bits per heavy atom. The smallest absolute Gasteiger partial charge is 0.311 e. The van der Waals surface area contributed by atoms with Gasteiger partial charge in [-0.25, -0.2) is 4.98 Å². The van der Waals surface area contributed by atoms with E-state index in [1.165, 1.54) is 16.9 Å². The van der Waals surface area contributed by atoms with Crippen LogP contribution in [0.1, 0.15) is 21.0 Å². The highest BCUT2D eigenvalue weighted by Gasteiger charge is 2.15. The van der Waals surface area contributed by atoms with Gasteiger partial charge in [-0.3, -0.25) is 4.79 Å². The Morgan fingerprint density at radius 2 is 1.79 bits per heavy atom. The molecule has 0 saturated heterocycles. The molecule has 142 valence electrons. The summed E-state index contributed by atoms with van der Waals surface area (Å²) in [5.74, 6) is 0.329. The number of ether oxygens (including phenoxy) is 2. The summed E-state index contributed by atoms with van der Waals surface area (Å²) in [6, 6.07) is 17.0. The first-order valence-electron chi connectivity index (χ1n) is 8.87. The maximum atomic E-state index is 12.2. The predicted octanol–water partition coefficient (Wildman–Crippen LogP) is 4.46. The van der Waals surface area contributed by atoms with Gasteiger partial charge in [0.2, 0.25) is 0 Å². The van der Waals surface area contributed by atoms with E-state index in [0.717, 1.165) is 21.1 Å². The maximum absolute atomic E-state index is 12.2. The summed E-state index contributed by atoms with van der Waals surface area (Å²) in [6.07, 6.45) is 0.186. The van der Waals surface area contributed by atoms with Crippen LogP contribution in [0.25, 0.3) is 11.3 Å². The summed E-state index contributed by atoms with van der Waals surface area (Å²) in [5, 5.41) is 9.70. The zero-order valence-corrected chi connectivity index (χ0v) is 16.6. The highest BCUT2D eigenvalue weighted by Crippen LogP contribution is 2.29. The Bertz CT molecular complexity index is 986. The lowest BCUT2D eigenvalue weighted by atomic mass is 10.1. The second-order valence-electron chi connectivity index (χ2n) is 6.25. The molecule has 2 aromatic carbocycles. The van der Waals surface area contributed by atoms with E-state index in [0.29, 0.717) is 11.3 Å². The van der Waals surface area contributed by atoms with Crippen LogP contribution in [0.15, 0.2) is 48.5 Å². The van der Waals surface area contributed by atoms with Gasteiger partial charge in [0.1, 0.15) is 19.0 Å². The SMILES string of the molecule is Cc1ccc(-c2nc(C)sc2CC(=O)OCCOc2ccc(C#N)cc2)cc1. The third-order valence-corrected chi connectivity index (χ3v) is 5.00. The van der Waals surface area contributed by atoms with Gasteiger partial charge in [-0.2, -0.15) is 5.26 Å². The average molecular weight is 392 g/mol. The maximum Gasteiger partial charge on any atom is 0.311 e. The van der Waals surface area contributed by atoms with Crippen molar-refractivity contribution in [3.05, 3.63) is 69.5 Å². The molecule has 0 fully saturated rings. The minimum Gasteiger partial charge on any atom is -0.490 e. The van der Waals surface area contributed by atoms with Crippen LogP contribution in [0.3, 0.4) is 0 Å². The molecule has 1 aromatic heterocycles. The summed E-state index contributed by atoms with van der Waals surface area (Å²) >= 11 is 1.51. The molecule has 0 spiro atoms. The van der Waals surface area contributed by atoms with Crippen LogP contribution >= 0.6 is 11.3 Å². The standard InChI is InChI=1S/C22H20N2O3S/c1-15-3-7-18(8-4-15)22-20(28-16(2)24-22)13-21(25)27-12-11-26-19-9-5-17(14-23)6-10-19/h3-10H,11-13H2,1-2H3. The van der Waals surface area contributed by atoms with Crippen LogP contribution < -0.4 is 4.74 Å². The number of aromatic nitrogens is 1. The van der Waals surface area contributed by atoms with Gasteiger partial charge in [0.15, 0.2) is 0 Å². The third-order valence-electron chi connectivity index (χ3n) is 4.03. The van der Waals surface area contributed by atoms with Gasteiger partial charge >= 0.3 is 5.97 Å². The van der Waals surface area contributed by atoms with Crippen molar-refractivity contribution in [2.24, 2.45) is 0 Å². The molecule has 0 radical (unpaired) electrons.